The number of benzene rings is 2. The molecule has 1 aliphatic heterocycles. The predicted molar refractivity (Wildman–Crippen MR) is 84.0 cm³/mol. The zero-order chi connectivity index (χ0) is 18.0. The van der Waals surface area contributed by atoms with E-state index in [1.807, 2.05) is 6.07 Å². The van der Waals surface area contributed by atoms with E-state index in [2.05, 4.69) is 5.32 Å². The molecule has 0 bridgehead atoms. The molecule has 8 heteroatoms. The molecule has 2 aromatic carbocycles. The zero-order valence-corrected chi connectivity index (χ0v) is 12.8. The maximum atomic E-state index is 12.8. The molecule has 130 valence electrons. The number of carbonyl (C=O) groups excluding carboxylic acids is 2. The number of nitrogens with one attached hydrogen (secondary N) is 1. The second-order valence-corrected chi connectivity index (χ2v) is 5.40. The Morgan fingerprint density at radius 2 is 1.88 bits per heavy atom. The Labute approximate surface area is 141 Å². The molecule has 0 atom stereocenters. The van der Waals surface area contributed by atoms with Crippen LogP contribution in [-0.2, 0) is 22.3 Å². The Kier molecular flexibility index (Phi) is 4.35. The van der Waals surface area contributed by atoms with Gasteiger partial charge in [-0.15, -0.1) is 0 Å². The average molecular weight is 350 g/mol. The number of alkyl halides is 3. The third-order valence-corrected chi connectivity index (χ3v) is 3.62. The Hall–Kier alpha value is -3.03. The van der Waals surface area contributed by atoms with Crippen LogP contribution in [0.1, 0.15) is 11.1 Å². The number of hydrogen-bond acceptors (Lipinski definition) is 3. The minimum Gasteiger partial charge on any atom is -0.444 e. The molecular formula is C17H13F3N2O3. The van der Waals surface area contributed by atoms with Crippen LogP contribution in [0.2, 0.25) is 0 Å². The maximum absolute atomic E-state index is 12.8. The van der Waals surface area contributed by atoms with Gasteiger partial charge in [0, 0.05) is 0 Å². The maximum Gasteiger partial charge on any atom is 0.416 e. The Balaban J connectivity index is 1.81. The molecule has 0 fully saturated rings. The number of ether oxygens (including phenoxy) is 1. The summed E-state index contributed by atoms with van der Waals surface area (Å²) in [6, 6.07) is 11.7. The van der Waals surface area contributed by atoms with Crippen molar-refractivity contribution in [1.29, 1.82) is 0 Å². The van der Waals surface area contributed by atoms with Crippen LogP contribution < -0.4 is 10.2 Å². The Morgan fingerprint density at radius 3 is 2.56 bits per heavy atom. The molecule has 2 amide bonds. The number of amides is 2. The molecule has 0 aliphatic carbocycles. The first-order chi connectivity index (χ1) is 11.8. The summed E-state index contributed by atoms with van der Waals surface area (Å²) < 4.78 is 43.6. The van der Waals surface area contributed by atoms with Gasteiger partial charge in [0.05, 0.1) is 16.9 Å². The van der Waals surface area contributed by atoms with Gasteiger partial charge in [0.1, 0.15) is 13.2 Å². The van der Waals surface area contributed by atoms with Crippen molar-refractivity contribution in [3.63, 3.8) is 0 Å². The minimum absolute atomic E-state index is 0.00619. The molecule has 5 nitrogen and oxygen atoms in total. The summed E-state index contributed by atoms with van der Waals surface area (Å²) in [5.74, 6) is -0.594. The molecule has 1 aliphatic rings. The molecule has 1 N–H and O–H groups in total. The zero-order valence-electron chi connectivity index (χ0n) is 12.8. The van der Waals surface area contributed by atoms with E-state index in [4.69, 9.17) is 4.74 Å². The van der Waals surface area contributed by atoms with Gasteiger partial charge in [-0.25, -0.2) is 4.79 Å². The van der Waals surface area contributed by atoms with Crippen molar-refractivity contribution in [2.45, 2.75) is 12.8 Å². The van der Waals surface area contributed by atoms with Crippen molar-refractivity contribution < 1.29 is 27.5 Å². The van der Waals surface area contributed by atoms with Crippen LogP contribution in [0.3, 0.4) is 0 Å². The van der Waals surface area contributed by atoms with Gasteiger partial charge in [-0.1, -0.05) is 30.3 Å². The number of hydrogen-bond donors (Lipinski definition) is 1. The topological polar surface area (TPSA) is 58.6 Å². The van der Waals surface area contributed by atoms with Crippen LogP contribution >= 0.6 is 0 Å². The van der Waals surface area contributed by atoms with Gasteiger partial charge >= 0.3 is 12.3 Å². The van der Waals surface area contributed by atoms with Crippen LogP contribution in [0, 0.1) is 0 Å². The van der Waals surface area contributed by atoms with Gasteiger partial charge in [0.15, 0.2) is 0 Å². The molecule has 0 radical (unpaired) electrons. The van der Waals surface area contributed by atoms with Crippen LogP contribution in [0.15, 0.2) is 48.5 Å². The van der Waals surface area contributed by atoms with Gasteiger partial charge in [-0.05, 0) is 23.8 Å². The van der Waals surface area contributed by atoms with E-state index in [-0.39, 0.29) is 24.5 Å². The summed E-state index contributed by atoms with van der Waals surface area (Å²) in [4.78, 5) is 25.0. The first kappa shape index (κ1) is 16.8. The highest BCUT2D eigenvalue weighted by Crippen LogP contribution is 2.37. The van der Waals surface area contributed by atoms with E-state index < -0.39 is 23.7 Å². The smallest absolute Gasteiger partial charge is 0.416 e. The van der Waals surface area contributed by atoms with Crippen molar-refractivity contribution in [1.82, 2.24) is 0 Å². The predicted octanol–water partition coefficient (Wildman–Crippen LogP) is 3.80. The highest BCUT2D eigenvalue weighted by atomic mass is 19.4. The Bertz CT molecular complexity index is 807. The van der Waals surface area contributed by atoms with Crippen molar-refractivity contribution in [2.24, 2.45) is 0 Å². The summed E-state index contributed by atoms with van der Waals surface area (Å²) in [6.07, 6.45) is -5.35. The lowest BCUT2D eigenvalue weighted by molar-refractivity contribution is -0.137. The summed E-state index contributed by atoms with van der Waals surface area (Å²) >= 11 is 0. The first-order valence-corrected chi connectivity index (χ1v) is 7.34. The molecule has 3 rings (SSSR count). The van der Waals surface area contributed by atoms with E-state index in [1.54, 1.807) is 24.3 Å². The standard InChI is InChI=1S/C17H13F3N2O3/c18-17(19,20)12-6-7-14-13(8-12)21-15(23)9-22(14)16(24)25-10-11-4-2-1-3-5-11/h1-8H,9-10H2,(H,21,23). The van der Waals surface area contributed by atoms with Gasteiger partial charge in [0.25, 0.3) is 0 Å². The average Bonchev–Trinajstić information content (AvgIpc) is 2.58. The monoisotopic (exact) mass is 350 g/mol. The van der Waals surface area contributed by atoms with Crippen LogP contribution in [0.5, 0.6) is 0 Å². The van der Waals surface area contributed by atoms with Gasteiger partial charge < -0.3 is 10.1 Å². The third kappa shape index (κ3) is 3.73. The lowest BCUT2D eigenvalue weighted by Gasteiger charge is -2.29. The number of anilines is 2. The van der Waals surface area contributed by atoms with Gasteiger partial charge in [-0.2, -0.15) is 13.2 Å². The summed E-state index contributed by atoms with van der Waals surface area (Å²) in [6.45, 7) is -0.334. The summed E-state index contributed by atoms with van der Waals surface area (Å²) in [7, 11) is 0. The SMILES string of the molecule is O=C1CN(C(=O)OCc2ccccc2)c2ccc(C(F)(F)F)cc2N1. The van der Waals surface area contributed by atoms with Crippen LogP contribution in [0.25, 0.3) is 0 Å². The van der Waals surface area contributed by atoms with Crippen LogP contribution in [-0.4, -0.2) is 18.5 Å². The molecule has 0 saturated carbocycles. The number of carbonyl (C=O) groups is 2. The number of rotatable bonds is 2. The second-order valence-electron chi connectivity index (χ2n) is 5.40. The van der Waals surface area contributed by atoms with E-state index >= 15 is 0 Å². The lowest BCUT2D eigenvalue weighted by Crippen LogP contribution is -2.42. The lowest BCUT2D eigenvalue weighted by atomic mass is 10.1. The number of nitrogens with zero attached hydrogens (tertiary/aromatic N) is 1. The third-order valence-electron chi connectivity index (χ3n) is 3.62. The fourth-order valence-corrected chi connectivity index (χ4v) is 2.43. The second kappa shape index (κ2) is 6.46. The van der Waals surface area contributed by atoms with Crippen LogP contribution in [0.4, 0.5) is 29.3 Å². The molecule has 0 spiro atoms. The molecular weight excluding hydrogens is 337 g/mol. The number of fused-ring (bicyclic) bond motifs is 1. The highest BCUT2D eigenvalue weighted by Gasteiger charge is 2.34. The van der Waals surface area contributed by atoms with E-state index in [1.165, 1.54) is 0 Å². The van der Waals surface area contributed by atoms with E-state index in [0.29, 0.717) is 0 Å². The Morgan fingerprint density at radius 1 is 1.16 bits per heavy atom. The van der Waals surface area contributed by atoms with Crippen molar-refractivity contribution in [3.05, 3.63) is 59.7 Å². The summed E-state index contributed by atoms with van der Waals surface area (Å²) in [5, 5.41) is 2.34. The molecule has 1 heterocycles. The quantitative estimate of drug-likeness (QED) is 0.896. The van der Waals surface area contributed by atoms with Crippen molar-refractivity contribution >= 4 is 23.4 Å². The molecule has 0 saturated heterocycles. The van der Waals surface area contributed by atoms with Gasteiger partial charge in [-0.3, -0.25) is 9.69 Å². The highest BCUT2D eigenvalue weighted by molar-refractivity contribution is 6.08. The largest absolute Gasteiger partial charge is 0.444 e. The van der Waals surface area contributed by atoms with E-state index in [9.17, 15) is 22.8 Å². The van der Waals surface area contributed by atoms with Gasteiger partial charge in [0.2, 0.25) is 5.91 Å². The first-order valence-electron chi connectivity index (χ1n) is 7.34. The molecule has 2 aromatic rings. The number of halogens is 3. The molecule has 0 unspecified atom stereocenters. The summed E-state index contributed by atoms with van der Waals surface area (Å²) in [5.41, 5.74) is -0.0793. The normalized spacial score (nSPS) is 13.9. The molecule has 25 heavy (non-hydrogen) atoms. The fraction of sp³-hybridized carbons (Fsp3) is 0.176. The molecule has 0 aromatic heterocycles. The van der Waals surface area contributed by atoms with Crippen molar-refractivity contribution in [3.8, 4) is 0 Å². The van der Waals surface area contributed by atoms with E-state index in [0.717, 1.165) is 28.7 Å². The minimum atomic E-state index is -4.55. The fourth-order valence-electron chi connectivity index (χ4n) is 2.43. The van der Waals surface area contributed by atoms with Crippen molar-refractivity contribution in [2.75, 3.05) is 16.8 Å².